The summed E-state index contributed by atoms with van der Waals surface area (Å²) < 4.78 is 12.9. The molecule has 0 amide bonds. The van der Waals surface area contributed by atoms with Crippen LogP contribution in [0.25, 0.3) is 6.08 Å². The van der Waals surface area contributed by atoms with Crippen LogP contribution in [0.4, 0.5) is 4.39 Å². The number of benzene rings is 1. The van der Waals surface area contributed by atoms with Crippen molar-refractivity contribution in [1.29, 1.82) is 0 Å². The van der Waals surface area contributed by atoms with E-state index in [9.17, 15) is 4.39 Å². The van der Waals surface area contributed by atoms with E-state index in [4.69, 9.17) is 11.6 Å². The molecular formula is C9H8ClF. The van der Waals surface area contributed by atoms with Gasteiger partial charge in [0.1, 0.15) is 5.82 Å². The predicted molar refractivity (Wildman–Crippen MR) is 46.2 cm³/mol. The van der Waals surface area contributed by atoms with E-state index in [1.165, 1.54) is 0 Å². The summed E-state index contributed by atoms with van der Waals surface area (Å²) in [5.74, 6) is -0.350. The number of halogens is 2. The van der Waals surface area contributed by atoms with E-state index in [0.717, 1.165) is 5.56 Å². The molecule has 2 heteroatoms. The molecule has 0 radical (unpaired) electrons. The van der Waals surface area contributed by atoms with Crippen molar-refractivity contribution >= 4 is 17.7 Å². The van der Waals surface area contributed by atoms with Crippen molar-refractivity contribution in [2.24, 2.45) is 0 Å². The van der Waals surface area contributed by atoms with Gasteiger partial charge in [0.25, 0.3) is 0 Å². The maximum absolute atomic E-state index is 12.9. The minimum atomic E-state index is -0.350. The van der Waals surface area contributed by atoms with Gasteiger partial charge in [0.2, 0.25) is 0 Å². The fourth-order valence-electron chi connectivity index (χ4n) is 0.871. The van der Waals surface area contributed by atoms with Gasteiger partial charge < -0.3 is 0 Å². The van der Waals surface area contributed by atoms with Gasteiger partial charge in [-0.3, -0.25) is 0 Å². The smallest absolute Gasteiger partial charge is 0.144 e. The molecule has 58 valence electrons. The van der Waals surface area contributed by atoms with E-state index >= 15 is 0 Å². The Kier molecular flexibility index (Phi) is 2.30. The Morgan fingerprint density at radius 1 is 1.55 bits per heavy atom. The first-order valence-electron chi connectivity index (χ1n) is 3.23. The molecule has 1 aromatic carbocycles. The average Bonchev–Trinajstić information content (AvgIpc) is 1.99. The Labute approximate surface area is 70.3 Å². The van der Waals surface area contributed by atoms with Crippen molar-refractivity contribution < 1.29 is 4.39 Å². The first-order valence-corrected chi connectivity index (χ1v) is 3.61. The molecule has 0 aromatic heterocycles. The summed E-state index contributed by atoms with van der Waals surface area (Å²) in [7, 11) is 0. The third-order valence-corrected chi connectivity index (χ3v) is 1.74. The highest BCUT2D eigenvalue weighted by molar-refractivity contribution is 6.30. The minimum Gasteiger partial charge on any atom is -0.205 e. The minimum absolute atomic E-state index is 0.153. The number of hydrogen-bond donors (Lipinski definition) is 0. The molecule has 0 aliphatic heterocycles. The lowest BCUT2D eigenvalue weighted by Crippen LogP contribution is -1.84. The topological polar surface area (TPSA) is 0 Å². The Bertz CT molecular complexity index is 269. The Morgan fingerprint density at radius 2 is 2.18 bits per heavy atom. The maximum Gasteiger partial charge on any atom is 0.144 e. The van der Waals surface area contributed by atoms with Gasteiger partial charge >= 0.3 is 0 Å². The molecule has 11 heavy (non-hydrogen) atoms. The van der Waals surface area contributed by atoms with Crippen molar-refractivity contribution in [2.45, 2.75) is 6.92 Å². The van der Waals surface area contributed by atoms with Crippen LogP contribution in [0.2, 0.25) is 5.02 Å². The predicted octanol–water partition coefficient (Wildman–Crippen LogP) is 3.43. The van der Waals surface area contributed by atoms with Crippen molar-refractivity contribution in [1.82, 2.24) is 0 Å². The molecule has 0 aliphatic rings. The monoisotopic (exact) mass is 170 g/mol. The number of aryl methyl sites for hydroxylation is 1. The van der Waals surface area contributed by atoms with Gasteiger partial charge in [-0.15, -0.1) is 0 Å². The van der Waals surface area contributed by atoms with E-state index in [2.05, 4.69) is 6.58 Å². The van der Waals surface area contributed by atoms with Crippen LogP contribution in [0.1, 0.15) is 11.1 Å². The van der Waals surface area contributed by atoms with Gasteiger partial charge in [0.05, 0.1) is 5.02 Å². The van der Waals surface area contributed by atoms with Gasteiger partial charge in [0, 0.05) is 0 Å². The molecule has 0 bridgehead atoms. The van der Waals surface area contributed by atoms with Crippen LogP contribution in [-0.2, 0) is 0 Å². The lowest BCUT2D eigenvalue weighted by molar-refractivity contribution is 0.619. The van der Waals surface area contributed by atoms with Crippen LogP contribution in [-0.4, -0.2) is 0 Å². The highest BCUT2D eigenvalue weighted by Gasteiger charge is 2.03. The second kappa shape index (κ2) is 3.05. The van der Waals surface area contributed by atoms with E-state index in [1.54, 1.807) is 25.1 Å². The van der Waals surface area contributed by atoms with Crippen LogP contribution in [0.3, 0.4) is 0 Å². The molecule has 0 N–H and O–H groups in total. The van der Waals surface area contributed by atoms with Crippen molar-refractivity contribution in [3.63, 3.8) is 0 Å². The van der Waals surface area contributed by atoms with Gasteiger partial charge in [-0.1, -0.05) is 24.3 Å². The van der Waals surface area contributed by atoms with Gasteiger partial charge in [-0.2, -0.15) is 0 Å². The van der Waals surface area contributed by atoms with Gasteiger partial charge in [-0.05, 0) is 30.2 Å². The Morgan fingerprint density at radius 3 is 2.64 bits per heavy atom. The van der Waals surface area contributed by atoms with Crippen molar-refractivity contribution in [3.05, 3.63) is 40.7 Å². The maximum atomic E-state index is 12.9. The molecule has 0 atom stereocenters. The van der Waals surface area contributed by atoms with Crippen LogP contribution < -0.4 is 0 Å². The molecule has 0 heterocycles. The van der Waals surface area contributed by atoms with Crippen LogP contribution in [0.5, 0.6) is 0 Å². The van der Waals surface area contributed by atoms with Gasteiger partial charge in [-0.25, -0.2) is 4.39 Å². The summed E-state index contributed by atoms with van der Waals surface area (Å²) in [6, 6.07) is 3.26. The molecule has 0 saturated heterocycles. The van der Waals surface area contributed by atoms with Crippen LogP contribution in [0.15, 0.2) is 18.7 Å². The van der Waals surface area contributed by atoms with Crippen LogP contribution >= 0.6 is 11.6 Å². The zero-order valence-electron chi connectivity index (χ0n) is 6.20. The van der Waals surface area contributed by atoms with Crippen molar-refractivity contribution in [3.8, 4) is 0 Å². The molecule has 0 saturated carbocycles. The zero-order valence-corrected chi connectivity index (χ0v) is 6.95. The first-order chi connectivity index (χ1) is 5.15. The summed E-state index contributed by atoms with van der Waals surface area (Å²) in [6.07, 6.45) is 1.64. The van der Waals surface area contributed by atoms with Gasteiger partial charge in [0.15, 0.2) is 0 Å². The summed E-state index contributed by atoms with van der Waals surface area (Å²) >= 11 is 5.58. The molecule has 0 fully saturated rings. The van der Waals surface area contributed by atoms with E-state index in [-0.39, 0.29) is 10.8 Å². The molecule has 1 aromatic rings. The second-order valence-corrected chi connectivity index (χ2v) is 2.74. The quantitative estimate of drug-likeness (QED) is 0.606. The SMILES string of the molecule is C=Cc1cc(C)c(F)c(Cl)c1. The molecular weight excluding hydrogens is 163 g/mol. The highest BCUT2D eigenvalue weighted by atomic mass is 35.5. The fraction of sp³-hybridized carbons (Fsp3) is 0.111. The van der Waals surface area contributed by atoms with E-state index in [1.807, 2.05) is 0 Å². The molecule has 0 spiro atoms. The Balaban J connectivity index is 3.31. The third kappa shape index (κ3) is 1.60. The molecule has 1 rings (SSSR count). The second-order valence-electron chi connectivity index (χ2n) is 2.34. The number of rotatable bonds is 1. The average molecular weight is 171 g/mol. The normalized spacial score (nSPS) is 9.73. The zero-order chi connectivity index (χ0) is 8.43. The Hall–Kier alpha value is -0.820. The summed E-state index contributed by atoms with van der Waals surface area (Å²) in [5, 5.41) is 0.153. The third-order valence-electron chi connectivity index (χ3n) is 1.47. The van der Waals surface area contributed by atoms with Crippen LogP contribution in [0, 0.1) is 12.7 Å². The molecule has 0 nitrogen and oxygen atoms in total. The lowest BCUT2D eigenvalue weighted by atomic mass is 10.1. The van der Waals surface area contributed by atoms with E-state index in [0.29, 0.717) is 5.56 Å². The first kappa shape index (κ1) is 8.28. The summed E-state index contributed by atoms with van der Waals surface area (Å²) in [4.78, 5) is 0. The highest BCUT2D eigenvalue weighted by Crippen LogP contribution is 2.20. The van der Waals surface area contributed by atoms with Crippen molar-refractivity contribution in [2.75, 3.05) is 0 Å². The largest absolute Gasteiger partial charge is 0.205 e. The fourth-order valence-corrected chi connectivity index (χ4v) is 1.15. The summed E-state index contributed by atoms with van der Waals surface area (Å²) in [5.41, 5.74) is 1.39. The summed E-state index contributed by atoms with van der Waals surface area (Å²) in [6.45, 7) is 5.24. The van der Waals surface area contributed by atoms with E-state index < -0.39 is 0 Å². The molecule has 0 aliphatic carbocycles. The lowest BCUT2D eigenvalue weighted by Gasteiger charge is -2.00. The molecule has 0 unspecified atom stereocenters. The number of hydrogen-bond acceptors (Lipinski definition) is 0. The standard InChI is InChI=1S/C9H8ClF/c1-3-7-4-6(2)9(11)8(10)5-7/h3-5H,1H2,2H3.